The zero-order valence-electron chi connectivity index (χ0n) is 28.8. The molecule has 44 heavy (non-hydrogen) atoms. The van der Waals surface area contributed by atoms with Gasteiger partial charge in [0.25, 0.3) is 0 Å². The summed E-state index contributed by atoms with van der Waals surface area (Å²) >= 11 is 5.72. The lowest BCUT2D eigenvalue weighted by Gasteiger charge is -2.28. The van der Waals surface area contributed by atoms with Gasteiger partial charge in [-0.1, -0.05) is 71.0 Å². The fraction of sp³-hybridized carbons (Fsp3) is 0.658. The highest BCUT2D eigenvalue weighted by Crippen LogP contribution is 2.35. The summed E-state index contributed by atoms with van der Waals surface area (Å²) in [7, 11) is 3.91. The van der Waals surface area contributed by atoms with E-state index in [-0.39, 0.29) is 5.56 Å². The number of carbonyl (C=O) groups is 1. The number of halogens is 1. The second-order valence-corrected chi connectivity index (χ2v) is 13.8. The van der Waals surface area contributed by atoms with E-state index in [0.717, 1.165) is 57.9 Å². The van der Waals surface area contributed by atoms with Gasteiger partial charge in [-0.05, 0) is 124 Å². The standard InChI is InChI=1S/C11H14O3.C10H20.C9H17N.C8H9ClO/c1-3-8-5-6-9(11(12)13)10(7-8)14-4-2;1-8(2)10-6-4-9(3)5-7-10;1-10-6-8-4-2-3-5-9(8)7-10;1-6-5-7(9)3-4-8(6)10-2/h5-7H,3-4H2,1-2H3,(H,12,13);8-10H,4-7H2,1-3H3;8-9H,2-7H2,1H3;3-5H,1-2H3. The molecule has 0 spiro atoms. The first-order valence-electron chi connectivity index (χ1n) is 17.0. The number of nitrogens with zero attached hydrogens (tertiary/aromatic N) is 1. The second kappa shape index (κ2) is 20.0. The van der Waals surface area contributed by atoms with Crippen molar-refractivity contribution in [1.82, 2.24) is 4.90 Å². The summed E-state index contributed by atoms with van der Waals surface area (Å²) in [4.78, 5) is 13.3. The van der Waals surface area contributed by atoms with Crippen molar-refractivity contribution in [1.29, 1.82) is 0 Å². The molecule has 2 aromatic carbocycles. The Kier molecular flexibility index (Phi) is 17.2. The third kappa shape index (κ3) is 13.0. The normalized spacial score (nSPS) is 22.7. The minimum absolute atomic E-state index is 0.226. The molecule has 1 N–H and O–H groups in total. The van der Waals surface area contributed by atoms with Crippen molar-refractivity contribution in [2.75, 3.05) is 33.9 Å². The molecule has 248 valence electrons. The number of fused-ring (bicyclic) bond motifs is 1. The van der Waals surface area contributed by atoms with Crippen LogP contribution in [-0.2, 0) is 6.42 Å². The molecule has 2 saturated carbocycles. The van der Waals surface area contributed by atoms with Crippen LogP contribution in [0.5, 0.6) is 11.5 Å². The van der Waals surface area contributed by atoms with Gasteiger partial charge in [-0.15, -0.1) is 0 Å². The van der Waals surface area contributed by atoms with E-state index in [1.54, 1.807) is 19.2 Å². The van der Waals surface area contributed by atoms with Gasteiger partial charge in [-0.2, -0.15) is 0 Å². The minimum Gasteiger partial charge on any atom is -0.496 e. The fourth-order valence-electron chi connectivity index (χ4n) is 6.67. The monoisotopic (exact) mass is 629 g/mol. The summed E-state index contributed by atoms with van der Waals surface area (Å²) in [6.07, 6.45) is 12.8. The molecule has 0 radical (unpaired) electrons. The largest absolute Gasteiger partial charge is 0.496 e. The van der Waals surface area contributed by atoms with E-state index >= 15 is 0 Å². The molecule has 0 bridgehead atoms. The van der Waals surface area contributed by atoms with Crippen molar-refractivity contribution >= 4 is 17.6 Å². The van der Waals surface area contributed by atoms with Crippen molar-refractivity contribution < 1.29 is 19.4 Å². The Morgan fingerprint density at radius 3 is 2.05 bits per heavy atom. The molecule has 6 heteroatoms. The maximum Gasteiger partial charge on any atom is 0.339 e. The molecule has 3 aliphatic rings. The Morgan fingerprint density at radius 1 is 0.955 bits per heavy atom. The van der Waals surface area contributed by atoms with Crippen molar-refractivity contribution in [3.63, 3.8) is 0 Å². The second-order valence-electron chi connectivity index (χ2n) is 13.3. The highest BCUT2D eigenvalue weighted by molar-refractivity contribution is 6.30. The third-order valence-corrected chi connectivity index (χ3v) is 9.74. The zero-order chi connectivity index (χ0) is 32.6. The molecule has 2 unspecified atom stereocenters. The number of hydrogen-bond acceptors (Lipinski definition) is 4. The van der Waals surface area contributed by atoms with Gasteiger partial charge >= 0.3 is 5.97 Å². The molecule has 2 atom stereocenters. The lowest BCUT2D eigenvalue weighted by atomic mass is 9.78. The van der Waals surface area contributed by atoms with Gasteiger partial charge in [0.15, 0.2) is 0 Å². The topological polar surface area (TPSA) is 59.0 Å². The number of aromatic carboxylic acids is 1. The van der Waals surface area contributed by atoms with E-state index < -0.39 is 5.97 Å². The molecular weight excluding hydrogens is 570 g/mol. The van der Waals surface area contributed by atoms with E-state index in [1.807, 2.05) is 45.0 Å². The van der Waals surface area contributed by atoms with E-state index in [9.17, 15) is 4.79 Å². The van der Waals surface area contributed by atoms with Gasteiger partial charge < -0.3 is 19.5 Å². The minimum atomic E-state index is -0.948. The number of likely N-dealkylation sites (tertiary alicyclic amines) is 1. The molecule has 2 aliphatic carbocycles. The van der Waals surface area contributed by atoms with E-state index in [2.05, 4.69) is 32.7 Å². The first-order valence-corrected chi connectivity index (χ1v) is 17.3. The van der Waals surface area contributed by atoms with Crippen LogP contribution in [0.1, 0.15) is 107 Å². The number of methoxy groups -OCH3 is 1. The smallest absolute Gasteiger partial charge is 0.339 e. The molecule has 0 aromatic heterocycles. The van der Waals surface area contributed by atoms with Gasteiger partial charge in [0.2, 0.25) is 0 Å². The van der Waals surface area contributed by atoms with Crippen molar-refractivity contribution in [3.8, 4) is 11.5 Å². The first-order chi connectivity index (χ1) is 21.0. The summed E-state index contributed by atoms with van der Waals surface area (Å²) in [5.41, 5.74) is 2.37. The van der Waals surface area contributed by atoms with Gasteiger partial charge in [0.05, 0.1) is 13.7 Å². The van der Waals surface area contributed by atoms with Crippen molar-refractivity contribution in [2.45, 2.75) is 99.3 Å². The quantitative estimate of drug-likeness (QED) is 0.344. The molecule has 1 aliphatic heterocycles. The lowest BCUT2D eigenvalue weighted by molar-refractivity contribution is 0.0692. The van der Waals surface area contributed by atoms with Crippen molar-refractivity contribution in [3.05, 3.63) is 58.1 Å². The molecular formula is C38H60ClNO4. The summed E-state index contributed by atoms with van der Waals surface area (Å²) in [5, 5.41) is 9.62. The number of rotatable bonds is 6. The number of ether oxygens (including phenoxy) is 2. The van der Waals surface area contributed by atoms with E-state index in [0.29, 0.717) is 12.4 Å². The van der Waals surface area contributed by atoms with Gasteiger partial charge in [0, 0.05) is 18.1 Å². The maximum atomic E-state index is 10.8. The maximum absolute atomic E-state index is 10.8. The predicted octanol–water partition coefficient (Wildman–Crippen LogP) is 10.2. The van der Waals surface area contributed by atoms with Gasteiger partial charge in [0.1, 0.15) is 17.1 Å². The van der Waals surface area contributed by atoms with Gasteiger partial charge in [-0.3, -0.25) is 0 Å². The zero-order valence-corrected chi connectivity index (χ0v) is 29.6. The van der Waals surface area contributed by atoms with Crippen LogP contribution in [0.2, 0.25) is 5.02 Å². The number of aryl methyl sites for hydroxylation is 2. The average Bonchev–Trinajstić information content (AvgIpc) is 3.38. The molecule has 5 nitrogen and oxygen atoms in total. The number of carboxylic acids is 1. The molecule has 5 rings (SSSR count). The van der Waals surface area contributed by atoms with Crippen LogP contribution >= 0.6 is 11.6 Å². The Labute approximate surface area is 273 Å². The Hall–Kier alpha value is -2.24. The van der Waals surface area contributed by atoms with E-state index in [4.69, 9.17) is 26.2 Å². The summed E-state index contributed by atoms with van der Waals surface area (Å²) in [5.74, 6) is 5.50. The van der Waals surface area contributed by atoms with Crippen molar-refractivity contribution in [2.24, 2.45) is 29.6 Å². The molecule has 0 amide bonds. The van der Waals surface area contributed by atoms with Gasteiger partial charge in [-0.25, -0.2) is 4.79 Å². The summed E-state index contributed by atoms with van der Waals surface area (Å²) in [6, 6.07) is 10.7. The van der Waals surface area contributed by atoms with Crippen LogP contribution in [0.4, 0.5) is 0 Å². The molecule has 1 saturated heterocycles. The molecule has 2 aromatic rings. The number of carboxylic acid groups (broad SMARTS) is 1. The first kappa shape index (κ1) is 37.9. The fourth-order valence-corrected chi connectivity index (χ4v) is 6.90. The highest BCUT2D eigenvalue weighted by atomic mass is 35.5. The average molecular weight is 630 g/mol. The lowest BCUT2D eigenvalue weighted by Crippen LogP contribution is -2.16. The summed E-state index contributed by atoms with van der Waals surface area (Å²) in [6.45, 7) is 16.2. The van der Waals surface area contributed by atoms with E-state index in [1.165, 1.54) is 64.5 Å². The molecule has 1 heterocycles. The Balaban J connectivity index is 0.000000207. The molecule has 3 fully saturated rings. The van der Waals surface area contributed by atoms with Crippen LogP contribution in [-0.4, -0.2) is 49.8 Å². The van der Waals surface area contributed by atoms with Crippen LogP contribution in [0.15, 0.2) is 36.4 Å². The predicted molar refractivity (Wildman–Crippen MR) is 186 cm³/mol. The number of benzene rings is 2. The van der Waals surface area contributed by atoms with Crippen LogP contribution in [0, 0.1) is 36.5 Å². The number of hydrogen-bond donors (Lipinski definition) is 1. The summed E-state index contributed by atoms with van der Waals surface area (Å²) < 4.78 is 10.3. The highest BCUT2D eigenvalue weighted by Gasteiger charge is 2.32. The van der Waals surface area contributed by atoms with Crippen LogP contribution < -0.4 is 9.47 Å². The SMILES string of the molecule is CC1CCC(C(C)C)CC1.CCOc1cc(CC)ccc1C(=O)O.CN1CC2CCCCC2C1.COc1ccc(Cl)cc1C. The third-order valence-electron chi connectivity index (χ3n) is 9.50. The van der Waals surface area contributed by atoms with Crippen LogP contribution in [0.25, 0.3) is 0 Å². The Morgan fingerprint density at radius 2 is 1.57 bits per heavy atom. The Bertz CT molecular complexity index is 1100. The van der Waals surface area contributed by atoms with Crippen LogP contribution in [0.3, 0.4) is 0 Å².